The first kappa shape index (κ1) is 10.9. The summed E-state index contributed by atoms with van der Waals surface area (Å²) in [5.41, 5.74) is -0.139. The van der Waals surface area contributed by atoms with E-state index in [-0.39, 0.29) is 17.3 Å². The molecule has 2 rings (SSSR count). The summed E-state index contributed by atoms with van der Waals surface area (Å²) in [4.78, 5) is 10.0. The van der Waals surface area contributed by atoms with Crippen LogP contribution in [0.1, 0.15) is 24.4 Å². The van der Waals surface area contributed by atoms with Gasteiger partial charge in [0.25, 0.3) is 5.69 Å². The van der Waals surface area contributed by atoms with Gasteiger partial charge in [0, 0.05) is 11.6 Å². The number of benzene rings is 1. The lowest BCUT2D eigenvalue weighted by Gasteiger charge is -2.11. The molecule has 0 saturated carbocycles. The Bertz CT molecular complexity index is 431. The summed E-state index contributed by atoms with van der Waals surface area (Å²) in [5, 5.41) is 13.8. The fourth-order valence-corrected chi connectivity index (χ4v) is 1.94. The average molecular weight is 228 g/mol. The third-order valence-electron chi connectivity index (χ3n) is 2.70. The predicted octanol–water partition coefficient (Wildman–Crippen LogP) is 2.30. The largest absolute Gasteiger partial charge is 0.310 e. The van der Waals surface area contributed by atoms with Gasteiger partial charge in [-0.05, 0) is 25.5 Å². The number of nitro groups is 1. The van der Waals surface area contributed by atoms with Crippen LogP contribution in [0, 0.1) is 21.7 Å². The molecule has 0 spiro atoms. The summed E-state index contributed by atoms with van der Waals surface area (Å²) in [6.45, 7) is 0.737. The first-order valence-electron chi connectivity index (χ1n) is 4.96. The lowest BCUT2D eigenvalue weighted by molar-refractivity contribution is -0.386. The smallest absolute Gasteiger partial charge is 0.277 e. The van der Waals surface area contributed by atoms with E-state index in [2.05, 4.69) is 5.32 Å². The number of rotatable bonds is 2. The molecule has 1 N–H and O–H groups in total. The molecule has 0 amide bonds. The molecule has 1 aliphatic rings. The third-order valence-corrected chi connectivity index (χ3v) is 2.70. The van der Waals surface area contributed by atoms with Crippen LogP contribution in [0.4, 0.5) is 14.5 Å². The molecule has 4 nitrogen and oxygen atoms in total. The van der Waals surface area contributed by atoms with E-state index in [4.69, 9.17) is 0 Å². The fourth-order valence-electron chi connectivity index (χ4n) is 1.94. The van der Waals surface area contributed by atoms with E-state index in [1.165, 1.54) is 0 Å². The van der Waals surface area contributed by atoms with Crippen molar-refractivity contribution in [2.75, 3.05) is 6.54 Å². The molecule has 1 fully saturated rings. The monoisotopic (exact) mass is 228 g/mol. The standard InChI is InChI=1S/C10H10F2N2O2/c11-7-4-6(9-2-1-3-13-9)10(14(15)16)5-8(7)12/h4-5,9,13H,1-3H2/t9-/m0/s1. The summed E-state index contributed by atoms with van der Waals surface area (Å²) >= 11 is 0. The van der Waals surface area contributed by atoms with E-state index < -0.39 is 16.6 Å². The van der Waals surface area contributed by atoms with Crippen LogP contribution in [0.25, 0.3) is 0 Å². The third kappa shape index (κ3) is 1.88. The normalized spacial score (nSPS) is 20.0. The molecule has 0 aromatic heterocycles. The summed E-state index contributed by atoms with van der Waals surface area (Å²) < 4.78 is 26.0. The molecule has 1 aromatic rings. The van der Waals surface area contributed by atoms with Crippen molar-refractivity contribution in [3.63, 3.8) is 0 Å². The first-order valence-corrected chi connectivity index (χ1v) is 4.96. The molecule has 86 valence electrons. The Hall–Kier alpha value is -1.56. The van der Waals surface area contributed by atoms with Gasteiger partial charge in [-0.2, -0.15) is 0 Å². The number of hydrogen-bond acceptors (Lipinski definition) is 3. The SMILES string of the molecule is O=[N+]([O-])c1cc(F)c(F)cc1[C@@H]1CCCN1. The van der Waals surface area contributed by atoms with Crippen LogP contribution in [0.2, 0.25) is 0 Å². The molecule has 1 saturated heterocycles. The molecule has 0 bridgehead atoms. The number of nitrogens with one attached hydrogen (secondary N) is 1. The molecule has 1 aromatic carbocycles. The molecular formula is C10H10F2N2O2. The Morgan fingerprint density at radius 3 is 2.62 bits per heavy atom. The van der Waals surface area contributed by atoms with Gasteiger partial charge in [-0.15, -0.1) is 0 Å². The average Bonchev–Trinajstić information content (AvgIpc) is 2.74. The molecule has 1 heterocycles. The van der Waals surface area contributed by atoms with Gasteiger partial charge in [-0.3, -0.25) is 10.1 Å². The highest BCUT2D eigenvalue weighted by Crippen LogP contribution is 2.32. The second kappa shape index (κ2) is 4.13. The van der Waals surface area contributed by atoms with Gasteiger partial charge in [0.15, 0.2) is 11.6 Å². The van der Waals surface area contributed by atoms with Gasteiger partial charge in [-0.1, -0.05) is 0 Å². The van der Waals surface area contributed by atoms with Crippen molar-refractivity contribution < 1.29 is 13.7 Å². The first-order chi connectivity index (χ1) is 7.59. The van der Waals surface area contributed by atoms with E-state index in [9.17, 15) is 18.9 Å². The van der Waals surface area contributed by atoms with Crippen molar-refractivity contribution in [2.45, 2.75) is 18.9 Å². The number of nitro benzene ring substituents is 1. The second-order valence-electron chi connectivity index (χ2n) is 3.73. The molecule has 0 unspecified atom stereocenters. The Morgan fingerprint density at radius 2 is 2.06 bits per heavy atom. The molecule has 0 aliphatic carbocycles. The van der Waals surface area contributed by atoms with Gasteiger partial charge < -0.3 is 5.32 Å². The molecular weight excluding hydrogens is 218 g/mol. The summed E-state index contributed by atoms with van der Waals surface area (Å²) in [6.07, 6.45) is 1.58. The van der Waals surface area contributed by atoms with Crippen LogP contribution in [0.3, 0.4) is 0 Å². The van der Waals surface area contributed by atoms with Crippen molar-refractivity contribution in [3.05, 3.63) is 39.4 Å². The summed E-state index contributed by atoms with van der Waals surface area (Å²) in [7, 11) is 0. The predicted molar refractivity (Wildman–Crippen MR) is 53.0 cm³/mol. The van der Waals surface area contributed by atoms with Crippen molar-refractivity contribution in [2.24, 2.45) is 0 Å². The maximum absolute atomic E-state index is 13.1. The van der Waals surface area contributed by atoms with E-state index in [0.717, 1.165) is 19.0 Å². The molecule has 1 aliphatic heterocycles. The topological polar surface area (TPSA) is 55.2 Å². The Kier molecular flexibility index (Phi) is 2.82. The minimum atomic E-state index is -1.19. The van der Waals surface area contributed by atoms with E-state index in [1.807, 2.05) is 0 Å². The number of halogens is 2. The van der Waals surface area contributed by atoms with Gasteiger partial charge >= 0.3 is 0 Å². The van der Waals surface area contributed by atoms with Crippen molar-refractivity contribution in [3.8, 4) is 0 Å². The summed E-state index contributed by atoms with van der Waals surface area (Å²) in [5.74, 6) is -2.23. The summed E-state index contributed by atoms with van der Waals surface area (Å²) in [6, 6.07) is 1.30. The molecule has 16 heavy (non-hydrogen) atoms. The zero-order valence-electron chi connectivity index (χ0n) is 8.37. The van der Waals surface area contributed by atoms with Crippen molar-refractivity contribution >= 4 is 5.69 Å². The Morgan fingerprint density at radius 1 is 1.38 bits per heavy atom. The van der Waals surface area contributed by atoms with Crippen LogP contribution in [0.5, 0.6) is 0 Å². The lowest BCUT2D eigenvalue weighted by atomic mass is 10.0. The fraction of sp³-hybridized carbons (Fsp3) is 0.400. The quantitative estimate of drug-likeness (QED) is 0.624. The zero-order valence-corrected chi connectivity index (χ0v) is 8.37. The van der Waals surface area contributed by atoms with Gasteiger partial charge in [-0.25, -0.2) is 8.78 Å². The molecule has 0 radical (unpaired) electrons. The van der Waals surface area contributed by atoms with Gasteiger partial charge in [0.05, 0.1) is 11.0 Å². The Labute approximate surface area is 90.4 Å². The number of hydrogen-bond donors (Lipinski definition) is 1. The van der Waals surface area contributed by atoms with Crippen LogP contribution in [-0.4, -0.2) is 11.5 Å². The maximum Gasteiger partial charge on any atom is 0.277 e. The van der Waals surface area contributed by atoms with Crippen LogP contribution in [0.15, 0.2) is 12.1 Å². The van der Waals surface area contributed by atoms with Gasteiger partial charge in [0.2, 0.25) is 0 Å². The highest BCUT2D eigenvalue weighted by Gasteiger charge is 2.26. The Balaban J connectivity index is 2.48. The maximum atomic E-state index is 13.1. The van der Waals surface area contributed by atoms with Gasteiger partial charge in [0.1, 0.15) is 0 Å². The minimum Gasteiger partial charge on any atom is -0.310 e. The zero-order chi connectivity index (χ0) is 11.7. The lowest BCUT2D eigenvalue weighted by Crippen LogP contribution is -2.15. The highest BCUT2D eigenvalue weighted by molar-refractivity contribution is 5.43. The number of nitrogens with zero attached hydrogens (tertiary/aromatic N) is 1. The van der Waals surface area contributed by atoms with E-state index in [1.54, 1.807) is 0 Å². The molecule has 1 atom stereocenters. The van der Waals surface area contributed by atoms with E-state index >= 15 is 0 Å². The van der Waals surface area contributed by atoms with Crippen molar-refractivity contribution in [1.82, 2.24) is 5.32 Å². The minimum absolute atomic E-state index is 0.224. The highest BCUT2D eigenvalue weighted by atomic mass is 19.2. The van der Waals surface area contributed by atoms with Crippen molar-refractivity contribution in [1.29, 1.82) is 0 Å². The van der Waals surface area contributed by atoms with E-state index in [0.29, 0.717) is 12.5 Å². The van der Waals surface area contributed by atoms with Crippen LogP contribution >= 0.6 is 0 Å². The molecule has 6 heteroatoms. The van der Waals surface area contributed by atoms with Crippen LogP contribution in [-0.2, 0) is 0 Å². The second-order valence-corrected chi connectivity index (χ2v) is 3.73. The van der Waals surface area contributed by atoms with Crippen LogP contribution < -0.4 is 5.32 Å².